The average Bonchev–Trinajstić information content (AvgIpc) is 2.62. The number of halogens is 1. The number of pyridine rings is 1. The van der Waals surface area contributed by atoms with Crippen molar-refractivity contribution in [2.24, 2.45) is 0 Å². The second kappa shape index (κ2) is 8.32. The molecule has 1 aliphatic rings. The Morgan fingerprint density at radius 1 is 1.28 bits per heavy atom. The normalized spacial score (nSPS) is 17.5. The van der Waals surface area contributed by atoms with Gasteiger partial charge in [-0.1, -0.05) is 23.7 Å². The molecule has 1 fully saturated rings. The Balaban J connectivity index is 1.51. The molecule has 132 valence electrons. The number of ether oxygens (including phenoxy) is 1. The number of amides is 1. The second-order valence-corrected chi connectivity index (χ2v) is 6.70. The predicted molar refractivity (Wildman–Crippen MR) is 98.4 cm³/mol. The lowest BCUT2D eigenvalue weighted by Gasteiger charge is -2.33. The molecule has 0 saturated carbocycles. The van der Waals surface area contributed by atoms with Gasteiger partial charge in [-0.15, -0.1) is 0 Å². The molecule has 6 heteroatoms. The topological polar surface area (TPSA) is 68.5 Å². The first-order valence-corrected chi connectivity index (χ1v) is 8.82. The summed E-state index contributed by atoms with van der Waals surface area (Å²) in [6, 6.07) is 11.3. The van der Waals surface area contributed by atoms with E-state index in [0.29, 0.717) is 37.0 Å². The zero-order chi connectivity index (χ0) is 17.6. The van der Waals surface area contributed by atoms with Gasteiger partial charge >= 0.3 is 0 Å². The van der Waals surface area contributed by atoms with Crippen LogP contribution >= 0.6 is 11.6 Å². The van der Waals surface area contributed by atoms with Crippen LogP contribution in [0.1, 0.15) is 17.5 Å². The SMILES string of the molecule is Nc1cc(CC[C@@H]2CN(C(=O)Cc3ccc(Cl)cc3)CCO2)ccn1. The predicted octanol–water partition coefficient (Wildman–Crippen LogP) is 2.72. The van der Waals surface area contributed by atoms with Gasteiger partial charge in [0.2, 0.25) is 5.91 Å². The van der Waals surface area contributed by atoms with Crippen molar-refractivity contribution in [1.82, 2.24) is 9.88 Å². The molecule has 1 aromatic heterocycles. The third kappa shape index (κ3) is 5.18. The number of nitrogens with two attached hydrogens (primary N) is 1. The minimum absolute atomic E-state index is 0.0531. The van der Waals surface area contributed by atoms with E-state index in [0.717, 1.165) is 24.0 Å². The molecule has 3 rings (SSSR count). The van der Waals surface area contributed by atoms with E-state index in [2.05, 4.69) is 4.98 Å². The Bertz CT molecular complexity index is 721. The molecule has 1 aliphatic heterocycles. The molecule has 1 atom stereocenters. The quantitative estimate of drug-likeness (QED) is 0.891. The van der Waals surface area contributed by atoms with E-state index in [9.17, 15) is 4.79 Å². The molecular weight excluding hydrogens is 338 g/mol. The van der Waals surface area contributed by atoms with Crippen LogP contribution in [0.5, 0.6) is 0 Å². The van der Waals surface area contributed by atoms with Gasteiger partial charge < -0.3 is 15.4 Å². The van der Waals surface area contributed by atoms with Gasteiger partial charge in [0.15, 0.2) is 0 Å². The molecule has 5 nitrogen and oxygen atoms in total. The number of aromatic nitrogens is 1. The fourth-order valence-corrected chi connectivity index (χ4v) is 3.11. The van der Waals surface area contributed by atoms with Crippen LogP contribution < -0.4 is 5.73 Å². The summed E-state index contributed by atoms with van der Waals surface area (Å²) in [5, 5.41) is 0.680. The second-order valence-electron chi connectivity index (χ2n) is 6.26. The van der Waals surface area contributed by atoms with E-state index >= 15 is 0 Å². The molecule has 2 aromatic rings. The first-order chi connectivity index (χ1) is 12.1. The largest absolute Gasteiger partial charge is 0.384 e. The van der Waals surface area contributed by atoms with Gasteiger partial charge in [-0.25, -0.2) is 4.98 Å². The lowest BCUT2D eigenvalue weighted by molar-refractivity contribution is -0.138. The zero-order valence-corrected chi connectivity index (χ0v) is 14.8. The summed E-state index contributed by atoms with van der Waals surface area (Å²) in [5.41, 5.74) is 7.82. The van der Waals surface area contributed by atoms with Crippen molar-refractivity contribution in [2.45, 2.75) is 25.4 Å². The van der Waals surface area contributed by atoms with Gasteiger partial charge in [-0.05, 0) is 48.2 Å². The maximum absolute atomic E-state index is 12.5. The summed E-state index contributed by atoms with van der Waals surface area (Å²) in [4.78, 5) is 18.4. The third-order valence-corrected chi connectivity index (χ3v) is 4.61. The summed E-state index contributed by atoms with van der Waals surface area (Å²) in [5.74, 6) is 0.658. The van der Waals surface area contributed by atoms with Crippen molar-refractivity contribution in [2.75, 3.05) is 25.4 Å². The molecule has 2 N–H and O–H groups in total. The van der Waals surface area contributed by atoms with E-state index in [1.807, 2.05) is 41.3 Å². The van der Waals surface area contributed by atoms with Crippen molar-refractivity contribution in [3.63, 3.8) is 0 Å². The first-order valence-electron chi connectivity index (χ1n) is 8.44. The minimum Gasteiger partial charge on any atom is -0.384 e. The summed E-state index contributed by atoms with van der Waals surface area (Å²) in [6.45, 7) is 1.85. The van der Waals surface area contributed by atoms with Crippen molar-refractivity contribution in [1.29, 1.82) is 0 Å². The highest BCUT2D eigenvalue weighted by molar-refractivity contribution is 6.30. The number of carbonyl (C=O) groups is 1. The lowest BCUT2D eigenvalue weighted by Crippen LogP contribution is -2.46. The Kier molecular flexibility index (Phi) is 5.89. The standard InChI is InChI=1S/C19H22ClN3O2/c20-16-4-1-14(2-5-16)12-19(24)23-9-10-25-17(13-23)6-3-15-7-8-22-18(21)11-15/h1-2,4-5,7-8,11,17H,3,6,9-10,12-13H2,(H2,21,22)/t17-/m1/s1. The number of rotatable bonds is 5. The highest BCUT2D eigenvalue weighted by Gasteiger charge is 2.24. The summed E-state index contributed by atoms with van der Waals surface area (Å²) in [6.07, 6.45) is 3.88. The van der Waals surface area contributed by atoms with Gasteiger partial charge in [0.05, 0.1) is 19.1 Å². The average molecular weight is 360 g/mol. The van der Waals surface area contributed by atoms with Crippen LogP contribution in [0.3, 0.4) is 0 Å². The Labute approximate surface area is 152 Å². The molecular formula is C19H22ClN3O2. The van der Waals surface area contributed by atoms with Crippen LogP contribution in [0.15, 0.2) is 42.6 Å². The first kappa shape index (κ1) is 17.7. The van der Waals surface area contributed by atoms with E-state index < -0.39 is 0 Å². The molecule has 0 spiro atoms. The molecule has 0 bridgehead atoms. The monoisotopic (exact) mass is 359 g/mol. The number of morpholine rings is 1. The van der Waals surface area contributed by atoms with Crippen molar-refractivity contribution >= 4 is 23.3 Å². The van der Waals surface area contributed by atoms with Crippen molar-refractivity contribution in [3.05, 3.63) is 58.7 Å². The Morgan fingerprint density at radius 3 is 2.84 bits per heavy atom. The van der Waals surface area contributed by atoms with E-state index in [4.69, 9.17) is 22.1 Å². The van der Waals surface area contributed by atoms with Gasteiger partial charge in [0.25, 0.3) is 0 Å². The van der Waals surface area contributed by atoms with Gasteiger partial charge in [0, 0.05) is 24.3 Å². The van der Waals surface area contributed by atoms with Crippen LogP contribution in [0.2, 0.25) is 5.02 Å². The van der Waals surface area contributed by atoms with Crippen LogP contribution in [0, 0.1) is 0 Å². The van der Waals surface area contributed by atoms with Crippen LogP contribution in [-0.2, 0) is 22.4 Å². The highest BCUT2D eigenvalue weighted by Crippen LogP contribution is 2.16. The Hall–Kier alpha value is -2.11. The van der Waals surface area contributed by atoms with Crippen LogP contribution in [0.25, 0.3) is 0 Å². The van der Waals surface area contributed by atoms with E-state index in [-0.39, 0.29) is 12.0 Å². The zero-order valence-electron chi connectivity index (χ0n) is 14.0. The number of hydrogen-bond acceptors (Lipinski definition) is 4. The van der Waals surface area contributed by atoms with E-state index in [1.165, 1.54) is 0 Å². The molecule has 1 saturated heterocycles. The van der Waals surface area contributed by atoms with Gasteiger partial charge in [-0.2, -0.15) is 0 Å². The molecule has 1 amide bonds. The van der Waals surface area contributed by atoms with Gasteiger partial charge in [0.1, 0.15) is 5.82 Å². The molecule has 2 heterocycles. The van der Waals surface area contributed by atoms with Gasteiger partial charge in [-0.3, -0.25) is 4.79 Å². The molecule has 0 radical (unpaired) electrons. The summed E-state index contributed by atoms with van der Waals surface area (Å²) >= 11 is 5.89. The molecule has 1 aromatic carbocycles. The number of nitrogen functional groups attached to an aromatic ring is 1. The number of benzene rings is 1. The number of nitrogens with zero attached hydrogens (tertiary/aromatic N) is 2. The Morgan fingerprint density at radius 2 is 2.08 bits per heavy atom. The number of hydrogen-bond donors (Lipinski definition) is 1. The minimum atomic E-state index is 0.0531. The maximum atomic E-state index is 12.5. The van der Waals surface area contributed by atoms with Crippen LogP contribution in [0.4, 0.5) is 5.82 Å². The summed E-state index contributed by atoms with van der Waals surface area (Å²) in [7, 11) is 0. The number of aryl methyl sites for hydroxylation is 1. The fourth-order valence-electron chi connectivity index (χ4n) is 2.99. The number of carbonyl (C=O) groups excluding carboxylic acids is 1. The van der Waals surface area contributed by atoms with Crippen LogP contribution in [-0.4, -0.2) is 41.6 Å². The maximum Gasteiger partial charge on any atom is 0.227 e. The molecule has 25 heavy (non-hydrogen) atoms. The molecule has 0 unspecified atom stereocenters. The lowest BCUT2D eigenvalue weighted by atomic mass is 10.1. The number of anilines is 1. The summed E-state index contributed by atoms with van der Waals surface area (Å²) < 4.78 is 5.82. The molecule has 0 aliphatic carbocycles. The fraction of sp³-hybridized carbons (Fsp3) is 0.368. The van der Waals surface area contributed by atoms with Crippen molar-refractivity contribution in [3.8, 4) is 0 Å². The highest BCUT2D eigenvalue weighted by atomic mass is 35.5. The van der Waals surface area contributed by atoms with Crippen molar-refractivity contribution < 1.29 is 9.53 Å². The van der Waals surface area contributed by atoms with E-state index in [1.54, 1.807) is 6.20 Å². The third-order valence-electron chi connectivity index (χ3n) is 4.36. The smallest absolute Gasteiger partial charge is 0.227 e.